The van der Waals surface area contributed by atoms with Crippen molar-refractivity contribution in [2.45, 2.75) is 31.3 Å². The summed E-state index contributed by atoms with van der Waals surface area (Å²) in [6.07, 6.45) is 3.21. The molecule has 68 valence electrons. The van der Waals surface area contributed by atoms with E-state index in [0.717, 1.165) is 19.3 Å². The third-order valence-electron chi connectivity index (χ3n) is 2.88. The third kappa shape index (κ3) is 1.21. The number of fused-ring (bicyclic) bond motifs is 1. The molecule has 1 heterocycles. The molecule has 2 rings (SSSR count). The lowest BCUT2D eigenvalue weighted by Crippen LogP contribution is -2.61. The van der Waals surface area contributed by atoms with Crippen molar-refractivity contribution < 1.29 is 4.79 Å². The number of carbonyl (C=O) groups excluding carboxylic acids is 1. The molecule has 1 amide bonds. The van der Waals surface area contributed by atoms with Gasteiger partial charge in [-0.15, -0.1) is 0 Å². The van der Waals surface area contributed by atoms with Crippen molar-refractivity contribution in [3.63, 3.8) is 0 Å². The molecule has 3 atom stereocenters. The standard InChI is InChI=1S/C8H15N3O/c9-5-2-1-3-6-7(5)8(12)11-4-10-6/h5-7,10H,1-4,9H2,(H,11,12). The van der Waals surface area contributed by atoms with Crippen molar-refractivity contribution in [1.29, 1.82) is 0 Å². The highest BCUT2D eigenvalue weighted by Gasteiger charge is 2.38. The van der Waals surface area contributed by atoms with Gasteiger partial charge in [-0.3, -0.25) is 10.1 Å². The summed E-state index contributed by atoms with van der Waals surface area (Å²) in [5.74, 6) is 0.137. The highest BCUT2D eigenvalue weighted by Crippen LogP contribution is 2.25. The number of nitrogens with one attached hydrogen (secondary N) is 2. The van der Waals surface area contributed by atoms with E-state index in [1.807, 2.05) is 0 Å². The van der Waals surface area contributed by atoms with Gasteiger partial charge in [0, 0.05) is 12.1 Å². The van der Waals surface area contributed by atoms with Gasteiger partial charge in [0.25, 0.3) is 0 Å². The van der Waals surface area contributed by atoms with E-state index in [9.17, 15) is 4.79 Å². The summed E-state index contributed by atoms with van der Waals surface area (Å²) in [7, 11) is 0. The van der Waals surface area contributed by atoms with Gasteiger partial charge >= 0.3 is 0 Å². The largest absolute Gasteiger partial charge is 0.343 e. The lowest BCUT2D eigenvalue weighted by molar-refractivity contribution is -0.129. The molecule has 4 nitrogen and oxygen atoms in total. The fourth-order valence-corrected chi connectivity index (χ4v) is 2.22. The molecule has 0 aromatic heterocycles. The third-order valence-corrected chi connectivity index (χ3v) is 2.88. The SMILES string of the molecule is NC1CCCC2NCNC(=O)C12. The van der Waals surface area contributed by atoms with Crippen LogP contribution in [0.3, 0.4) is 0 Å². The molecule has 0 spiro atoms. The monoisotopic (exact) mass is 169 g/mol. The van der Waals surface area contributed by atoms with Crippen LogP contribution in [0.4, 0.5) is 0 Å². The zero-order valence-corrected chi connectivity index (χ0v) is 7.05. The highest BCUT2D eigenvalue weighted by atomic mass is 16.2. The van der Waals surface area contributed by atoms with Crippen molar-refractivity contribution in [3.05, 3.63) is 0 Å². The molecule has 1 saturated carbocycles. The van der Waals surface area contributed by atoms with Crippen molar-refractivity contribution in [2.75, 3.05) is 6.67 Å². The second-order valence-corrected chi connectivity index (χ2v) is 3.65. The first kappa shape index (κ1) is 8.01. The van der Waals surface area contributed by atoms with Gasteiger partial charge in [0.2, 0.25) is 5.91 Å². The van der Waals surface area contributed by atoms with Gasteiger partial charge < -0.3 is 11.1 Å². The zero-order chi connectivity index (χ0) is 8.55. The topological polar surface area (TPSA) is 67.2 Å². The first-order valence-corrected chi connectivity index (χ1v) is 4.56. The summed E-state index contributed by atoms with van der Waals surface area (Å²) in [5, 5.41) is 6.05. The maximum Gasteiger partial charge on any atom is 0.227 e. The van der Waals surface area contributed by atoms with Crippen LogP contribution in [-0.4, -0.2) is 24.7 Å². The molecule has 12 heavy (non-hydrogen) atoms. The van der Waals surface area contributed by atoms with Crippen LogP contribution in [0.25, 0.3) is 0 Å². The minimum atomic E-state index is 0.00694. The van der Waals surface area contributed by atoms with Crippen LogP contribution in [0, 0.1) is 5.92 Å². The molecule has 1 aliphatic carbocycles. The number of nitrogens with two attached hydrogens (primary N) is 1. The summed E-state index contributed by atoms with van der Waals surface area (Å²) >= 11 is 0. The molecule has 3 unspecified atom stereocenters. The molecule has 2 aliphatic rings. The van der Waals surface area contributed by atoms with Gasteiger partial charge in [-0.2, -0.15) is 0 Å². The van der Waals surface area contributed by atoms with Crippen LogP contribution in [0.5, 0.6) is 0 Å². The van der Waals surface area contributed by atoms with Crippen molar-refractivity contribution >= 4 is 5.91 Å². The van der Waals surface area contributed by atoms with Crippen molar-refractivity contribution in [3.8, 4) is 0 Å². The Labute approximate surface area is 71.9 Å². The first-order valence-electron chi connectivity index (χ1n) is 4.56. The molecule has 0 radical (unpaired) electrons. The van der Waals surface area contributed by atoms with Crippen LogP contribution < -0.4 is 16.4 Å². The van der Waals surface area contributed by atoms with Crippen LogP contribution in [0.2, 0.25) is 0 Å². The molecule has 2 fully saturated rings. The molecular weight excluding hydrogens is 154 g/mol. The fraction of sp³-hybridized carbons (Fsp3) is 0.875. The van der Waals surface area contributed by atoms with Crippen LogP contribution in [-0.2, 0) is 4.79 Å². The van der Waals surface area contributed by atoms with Gasteiger partial charge in [0.15, 0.2) is 0 Å². The van der Waals surface area contributed by atoms with E-state index in [4.69, 9.17) is 5.73 Å². The second-order valence-electron chi connectivity index (χ2n) is 3.65. The normalized spacial score (nSPS) is 41.8. The Balaban J connectivity index is 2.12. The van der Waals surface area contributed by atoms with E-state index in [2.05, 4.69) is 10.6 Å². The fourth-order valence-electron chi connectivity index (χ4n) is 2.22. The molecule has 0 aromatic carbocycles. The number of hydrogen-bond donors (Lipinski definition) is 3. The van der Waals surface area contributed by atoms with Crippen LogP contribution in [0.15, 0.2) is 0 Å². The number of rotatable bonds is 0. The molecule has 4 heteroatoms. The summed E-state index contributed by atoms with van der Waals surface area (Å²) in [5.41, 5.74) is 5.88. The number of carbonyl (C=O) groups is 1. The molecule has 0 bridgehead atoms. The predicted octanol–water partition coefficient (Wildman–Crippen LogP) is -0.841. The highest BCUT2D eigenvalue weighted by molar-refractivity contribution is 5.81. The summed E-state index contributed by atoms with van der Waals surface area (Å²) in [6.45, 7) is 0.604. The Morgan fingerprint density at radius 1 is 1.42 bits per heavy atom. The Kier molecular flexibility index (Phi) is 2.02. The molecule has 1 aliphatic heterocycles. The van der Waals surface area contributed by atoms with Gasteiger partial charge in [-0.05, 0) is 12.8 Å². The molecular formula is C8H15N3O. The van der Waals surface area contributed by atoms with E-state index >= 15 is 0 Å². The van der Waals surface area contributed by atoms with E-state index in [0.29, 0.717) is 12.7 Å². The quantitative estimate of drug-likeness (QED) is 0.443. The van der Waals surface area contributed by atoms with Gasteiger partial charge in [-0.25, -0.2) is 0 Å². The summed E-state index contributed by atoms with van der Waals surface area (Å²) in [6, 6.07) is 0.374. The number of amides is 1. The Hall–Kier alpha value is -0.610. The minimum absolute atomic E-state index is 0.00694. The van der Waals surface area contributed by atoms with Crippen LogP contribution in [0.1, 0.15) is 19.3 Å². The Morgan fingerprint density at radius 2 is 2.25 bits per heavy atom. The van der Waals surface area contributed by atoms with E-state index in [1.54, 1.807) is 0 Å². The van der Waals surface area contributed by atoms with E-state index in [1.165, 1.54) is 0 Å². The minimum Gasteiger partial charge on any atom is -0.343 e. The average Bonchev–Trinajstić information content (AvgIpc) is 2.04. The lowest BCUT2D eigenvalue weighted by atomic mass is 9.79. The van der Waals surface area contributed by atoms with Gasteiger partial charge in [0.1, 0.15) is 0 Å². The lowest BCUT2D eigenvalue weighted by Gasteiger charge is -2.39. The van der Waals surface area contributed by atoms with Crippen molar-refractivity contribution in [1.82, 2.24) is 10.6 Å². The maximum atomic E-state index is 11.4. The average molecular weight is 169 g/mol. The summed E-state index contributed by atoms with van der Waals surface area (Å²) < 4.78 is 0. The molecule has 0 aromatic rings. The molecule has 1 saturated heterocycles. The zero-order valence-electron chi connectivity index (χ0n) is 7.05. The number of hydrogen-bond acceptors (Lipinski definition) is 3. The van der Waals surface area contributed by atoms with Gasteiger partial charge in [-0.1, -0.05) is 6.42 Å². The van der Waals surface area contributed by atoms with Crippen molar-refractivity contribution in [2.24, 2.45) is 11.7 Å². The van der Waals surface area contributed by atoms with Crippen LogP contribution >= 0.6 is 0 Å². The first-order chi connectivity index (χ1) is 5.79. The summed E-state index contributed by atoms with van der Waals surface area (Å²) in [4.78, 5) is 11.4. The molecule has 4 N–H and O–H groups in total. The maximum absolute atomic E-state index is 11.4. The Bertz CT molecular complexity index is 193. The second kappa shape index (κ2) is 3.03. The predicted molar refractivity (Wildman–Crippen MR) is 45.2 cm³/mol. The van der Waals surface area contributed by atoms with E-state index in [-0.39, 0.29) is 17.9 Å². The smallest absolute Gasteiger partial charge is 0.227 e. The van der Waals surface area contributed by atoms with Gasteiger partial charge in [0.05, 0.1) is 12.6 Å². The Morgan fingerprint density at radius 3 is 3.00 bits per heavy atom. The van der Waals surface area contributed by atoms with E-state index < -0.39 is 0 Å².